The molecule has 3 aromatic rings. The summed E-state index contributed by atoms with van der Waals surface area (Å²) in [7, 11) is 0. The number of halogens is 1. The molecule has 0 unspecified atom stereocenters. The second kappa shape index (κ2) is 4.07. The van der Waals surface area contributed by atoms with E-state index in [-0.39, 0.29) is 5.82 Å². The van der Waals surface area contributed by atoms with Crippen LogP contribution in [0.1, 0.15) is 10.4 Å². The number of pyridine rings is 1. The summed E-state index contributed by atoms with van der Waals surface area (Å²) < 4.78 is 15.3. The number of hydrogen-bond donors (Lipinski definition) is 0. The number of benzene rings is 1. The average molecular weight is 240 g/mol. The number of aldehydes is 1. The van der Waals surface area contributed by atoms with Gasteiger partial charge in [-0.25, -0.2) is 8.91 Å². The lowest BCUT2D eigenvalue weighted by Crippen LogP contribution is -1.89. The number of carbonyl (C=O) groups excluding carboxylic acids is 1. The van der Waals surface area contributed by atoms with Crippen LogP contribution >= 0.6 is 0 Å². The van der Waals surface area contributed by atoms with E-state index in [9.17, 15) is 9.18 Å². The molecular weight excluding hydrogens is 231 g/mol. The number of fused-ring (bicyclic) bond motifs is 1. The summed E-state index contributed by atoms with van der Waals surface area (Å²) in [6.07, 6.45) is 2.46. The molecule has 0 bridgehead atoms. The van der Waals surface area contributed by atoms with Crippen molar-refractivity contribution in [3.05, 3.63) is 60.0 Å². The molecular formula is C14H9FN2O. The van der Waals surface area contributed by atoms with Gasteiger partial charge in [0.25, 0.3) is 0 Å². The lowest BCUT2D eigenvalue weighted by atomic mass is 10.1. The molecule has 0 aliphatic heterocycles. The van der Waals surface area contributed by atoms with Gasteiger partial charge < -0.3 is 0 Å². The quantitative estimate of drug-likeness (QED) is 0.645. The highest BCUT2D eigenvalue weighted by Crippen LogP contribution is 2.22. The fourth-order valence-corrected chi connectivity index (χ4v) is 1.89. The van der Waals surface area contributed by atoms with Crippen molar-refractivity contribution in [1.82, 2.24) is 9.61 Å². The van der Waals surface area contributed by atoms with Crippen molar-refractivity contribution in [2.45, 2.75) is 0 Å². The molecule has 0 N–H and O–H groups in total. The van der Waals surface area contributed by atoms with Gasteiger partial charge in [0.05, 0.1) is 11.2 Å². The minimum Gasteiger partial charge on any atom is -0.298 e. The first-order chi connectivity index (χ1) is 8.78. The Morgan fingerprint density at radius 1 is 1.17 bits per heavy atom. The van der Waals surface area contributed by atoms with E-state index in [1.54, 1.807) is 47.1 Å². The molecule has 1 aromatic carbocycles. The van der Waals surface area contributed by atoms with Crippen LogP contribution in [0.4, 0.5) is 4.39 Å². The third kappa shape index (κ3) is 1.68. The van der Waals surface area contributed by atoms with Crippen LogP contribution in [0.25, 0.3) is 16.8 Å². The van der Waals surface area contributed by atoms with Gasteiger partial charge in [0.2, 0.25) is 0 Å². The number of nitrogens with zero attached hydrogens (tertiary/aromatic N) is 2. The molecule has 0 spiro atoms. The van der Waals surface area contributed by atoms with Gasteiger partial charge in [-0.1, -0.05) is 12.1 Å². The first-order valence-electron chi connectivity index (χ1n) is 5.47. The van der Waals surface area contributed by atoms with Crippen LogP contribution < -0.4 is 0 Å². The highest BCUT2D eigenvalue weighted by atomic mass is 19.1. The third-order valence-electron chi connectivity index (χ3n) is 2.77. The zero-order valence-electron chi connectivity index (χ0n) is 9.38. The normalized spacial score (nSPS) is 10.7. The Bertz CT molecular complexity index is 733. The zero-order chi connectivity index (χ0) is 12.5. The fraction of sp³-hybridized carbons (Fsp3) is 0. The van der Waals surface area contributed by atoms with Crippen molar-refractivity contribution >= 4 is 11.8 Å². The Morgan fingerprint density at radius 3 is 2.78 bits per heavy atom. The van der Waals surface area contributed by atoms with E-state index in [0.717, 1.165) is 11.8 Å². The van der Waals surface area contributed by atoms with E-state index >= 15 is 0 Å². The van der Waals surface area contributed by atoms with Crippen LogP contribution in [0, 0.1) is 5.82 Å². The van der Waals surface area contributed by atoms with Crippen molar-refractivity contribution in [3.8, 4) is 11.3 Å². The van der Waals surface area contributed by atoms with Crippen molar-refractivity contribution in [2.75, 3.05) is 0 Å². The van der Waals surface area contributed by atoms with E-state index in [2.05, 4.69) is 5.10 Å². The summed E-state index contributed by atoms with van der Waals surface area (Å²) in [5.74, 6) is -0.309. The van der Waals surface area contributed by atoms with Crippen molar-refractivity contribution < 1.29 is 9.18 Å². The van der Waals surface area contributed by atoms with Crippen LogP contribution in [0.5, 0.6) is 0 Å². The third-order valence-corrected chi connectivity index (χ3v) is 2.77. The van der Waals surface area contributed by atoms with E-state index in [0.29, 0.717) is 16.8 Å². The molecule has 88 valence electrons. The maximum atomic E-state index is 13.6. The molecule has 4 heteroatoms. The lowest BCUT2D eigenvalue weighted by molar-refractivity contribution is 0.112. The molecule has 3 nitrogen and oxygen atoms in total. The monoisotopic (exact) mass is 240 g/mol. The number of rotatable bonds is 2. The smallest absolute Gasteiger partial charge is 0.150 e. The first-order valence-corrected chi connectivity index (χ1v) is 5.47. The predicted octanol–water partition coefficient (Wildman–Crippen LogP) is 2.95. The molecule has 0 aliphatic rings. The van der Waals surface area contributed by atoms with Crippen molar-refractivity contribution in [2.24, 2.45) is 0 Å². The Hall–Kier alpha value is -2.49. The standard InChI is InChI=1S/C14H9FN2O/c15-13-4-2-1-3-12(13)14-8-11-7-10(9-18)5-6-17(11)16-14/h1-9H. The van der Waals surface area contributed by atoms with Gasteiger partial charge in [-0.05, 0) is 30.3 Å². The summed E-state index contributed by atoms with van der Waals surface area (Å²) in [6.45, 7) is 0. The maximum Gasteiger partial charge on any atom is 0.150 e. The van der Waals surface area contributed by atoms with Gasteiger partial charge in [-0.15, -0.1) is 0 Å². The van der Waals surface area contributed by atoms with E-state index in [4.69, 9.17) is 0 Å². The van der Waals surface area contributed by atoms with Crippen LogP contribution in [-0.4, -0.2) is 15.9 Å². The van der Waals surface area contributed by atoms with Gasteiger partial charge >= 0.3 is 0 Å². The van der Waals surface area contributed by atoms with Crippen LogP contribution in [0.3, 0.4) is 0 Å². The van der Waals surface area contributed by atoms with Gasteiger partial charge in [0.1, 0.15) is 12.1 Å². The summed E-state index contributed by atoms with van der Waals surface area (Å²) >= 11 is 0. The van der Waals surface area contributed by atoms with Crippen LogP contribution in [0.2, 0.25) is 0 Å². The molecule has 0 saturated heterocycles. The number of aromatic nitrogens is 2. The second-order valence-electron chi connectivity index (χ2n) is 3.96. The predicted molar refractivity (Wildman–Crippen MR) is 66.0 cm³/mol. The van der Waals surface area contributed by atoms with Gasteiger partial charge in [0, 0.05) is 17.3 Å². The number of carbonyl (C=O) groups is 1. The summed E-state index contributed by atoms with van der Waals surface area (Å²) in [6, 6.07) is 11.6. The largest absolute Gasteiger partial charge is 0.298 e. The van der Waals surface area contributed by atoms with Crippen molar-refractivity contribution in [3.63, 3.8) is 0 Å². The van der Waals surface area contributed by atoms with E-state index < -0.39 is 0 Å². The minimum absolute atomic E-state index is 0.309. The molecule has 3 rings (SSSR count). The Labute approximate surface area is 102 Å². The molecule has 0 aliphatic carbocycles. The Morgan fingerprint density at radius 2 is 2.00 bits per heavy atom. The molecule has 18 heavy (non-hydrogen) atoms. The van der Waals surface area contributed by atoms with Gasteiger partial charge in [-0.2, -0.15) is 5.10 Å². The average Bonchev–Trinajstić information content (AvgIpc) is 2.81. The SMILES string of the molecule is O=Cc1ccn2nc(-c3ccccc3F)cc2c1. The van der Waals surface area contributed by atoms with Crippen molar-refractivity contribution in [1.29, 1.82) is 0 Å². The van der Waals surface area contributed by atoms with Crippen LogP contribution in [-0.2, 0) is 0 Å². The van der Waals surface area contributed by atoms with Gasteiger partial charge in [0.15, 0.2) is 0 Å². The lowest BCUT2D eigenvalue weighted by Gasteiger charge is -1.96. The van der Waals surface area contributed by atoms with Gasteiger partial charge in [-0.3, -0.25) is 4.79 Å². The molecule has 0 amide bonds. The Balaban J connectivity index is 2.19. The second-order valence-corrected chi connectivity index (χ2v) is 3.96. The Kier molecular flexibility index (Phi) is 2.41. The fourth-order valence-electron chi connectivity index (χ4n) is 1.89. The van der Waals surface area contributed by atoms with Crippen LogP contribution in [0.15, 0.2) is 48.7 Å². The minimum atomic E-state index is -0.309. The van der Waals surface area contributed by atoms with E-state index in [1.807, 2.05) is 0 Å². The summed E-state index contributed by atoms with van der Waals surface area (Å²) in [4.78, 5) is 10.7. The zero-order valence-corrected chi connectivity index (χ0v) is 9.38. The summed E-state index contributed by atoms with van der Waals surface area (Å²) in [5.41, 5.74) is 2.34. The molecule has 2 aromatic heterocycles. The maximum absolute atomic E-state index is 13.6. The topological polar surface area (TPSA) is 34.4 Å². The molecule has 0 radical (unpaired) electrons. The highest BCUT2D eigenvalue weighted by molar-refractivity contribution is 5.78. The highest BCUT2D eigenvalue weighted by Gasteiger charge is 2.08. The number of hydrogen-bond acceptors (Lipinski definition) is 2. The molecule has 0 atom stereocenters. The molecule has 2 heterocycles. The molecule has 0 saturated carbocycles. The van der Waals surface area contributed by atoms with E-state index in [1.165, 1.54) is 6.07 Å². The first kappa shape index (κ1) is 10.7. The summed E-state index contributed by atoms with van der Waals surface area (Å²) in [5, 5.41) is 4.28. The molecule has 0 fully saturated rings.